The quantitative estimate of drug-likeness (QED) is 0.613. The number of aryl methyl sites for hydroxylation is 1. The maximum atomic E-state index is 12.5. The van der Waals surface area contributed by atoms with Gasteiger partial charge >= 0.3 is 5.97 Å². The van der Waals surface area contributed by atoms with E-state index in [1.807, 2.05) is 19.9 Å². The zero-order chi connectivity index (χ0) is 23.0. The molecule has 0 spiro atoms. The van der Waals surface area contributed by atoms with Gasteiger partial charge < -0.3 is 25.0 Å². The zero-order valence-corrected chi connectivity index (χ0v) is 19.2. The minimum Gasteiger partial charge on any atom is -0.504 e. The molecular weight excluding hydrogens is 398 g/mol. The van der Waals surface area contributed by atoms with E-state index in [0.717, 1.165) is 5.56 Å². The second-order valence-electron chi connectivity index (χ2n) is 9.94. The average molecular weight is 434 g/mol. The van der Waals surface area contributed by atoms with Gasteiger partial charge in [-0.1, -0.05) is 6.07 Å². The number of carbonyl (C=O) groups is 2. The van der Waals surface area contributed by atoms with Crippen LogP contribution in [0.5, 0.6) is 11.5 Å². The highest BCUT2D eigenvalue weighted by Gasteiger charge is 2.60. The molecule has 1 saturated carbocycles. The van der Waals surface area contributed by atoms with E-state index in [2.05, 4.69) is 5.32 Å². The molecule has 1 aromatic carbocycles. The molecule has 2 aliphatic rings. The number of phenolic OH excluding ortho intramolecular Hbond substituents is 1. The molecule has 0 radical (unpaired) electrons. The molecule has 2 fully saturated rings. The van der Waals surface area contributed by atoms with Crippen molar-refractivity contribution in [3.05, 3.63) is 23.3 Å². The topological polar surface area (TPSA) is 105 Å². The van der Waals surface area contributed by atoms with Crippen LogP contribution in [0.3, 0.4) is 0 Å². The third kappa shape index (κ3) is 4.44. The fourth-order valence-electron chi connectivity index (χ4n) is 5.21. The Morgan fingerprint density at radius 1 is 1.29 bits per heavy atom. The number of phenols is 1. The number of carbonyl (C=O) groups excluding carboxylic acids is 2. The van der Waals surface area contributed by atoms with Gasteiger partial charge in [0.15, 0.2) is 11.5 Å². The van der Waals surface area contributed by atoms with Crippen LogP contribution in [-0.4, -0.2) is 52.4 Å². The van der Waals surface area contributed by atoms with Gasteiger partial charge in [0.1, 0.15) is 11.4 Å². The van der Waals surface area contributed by atoms with E-state index in [1.54, 1.807) is 26.8 Å². The van der Waals surface area contributed by atoms with E-state index in [9.17, 15) is 19.8 Å². The Hall–Kier alpha value is -2.12. The molecule has 31 heavy (non-hydrogen) atoms. The lowest BCUT2D eigenvalue weighted by Gasteiger charge is -2.57. The first-order valence-electron chi connectivity index (χ1n) is 11.0. The number of ketones is 1. The summed E-state index contributed by atoms with van der Waals surface area (Å²) in [5.74, 6) is -0.109. The standard InChI is InChI=1S/C24H35NO6/c1-15-6-7-18(30-13-9-19(27)31-22(3,4)5)21(28)20(15)23-11-12-25-16(2)24(23,29)10-8-17(26)14-23/h6-7,16,25,28-29H,8-14H2,1-5H3. The largest absolute Gasteiger partial charge is 0.504 e. The lowest BCUT2D eigenvalue weighted by Crippen LogP contribution is -2.69. The number of Topliss-reactive ketones (excluding diaryl/α,β-unsaturated/α-hetero) is 1. The molecule has 1 aromatic rings. The Morgan fingerprint density at radius 2 is 2.00 bits per heavy atom. The number of ether oxygens (including phenoxy) is 2. The molecule has 1 aliphatic carbocycles. The number of rotatable bonds is 5. The lowest BCUT2D eigenvalue weighted by molar-refractivity contribution is -0.155. The number of esters is 1. The van der Waals surface area contributed by atoms with Gasteiger partial charge in [0, 0.05) is 29.9 Å². The summed E-state index contributed by atoms with van der Waals surface area (Å²) in [4.78, 5) is 24.5. The smallest absolute Gasteiger partial charge is 0.309 e. The van der Waals surface area contributed by atoms with Gasteiger partial charge in [0.25, 0.3) is 0 Å². The second-order valence-corrected chi connectivity index (χ2v) is 9.94. The highest BCUT2D eigenvalue weighted by atomic mass is 16.6. The highest BCUT2D eigenvalue weighted by Crippen LogP contribution is 2.55. The van der Waals surface area contributed by atoms with E-state index in [4.69, 9.17) is 9.47 Å². The van der Waals surface area contributed by atoms with E-state index in [0.29, 0.717) is 31.4 Å². The van der Waals surface area contributed by atoms with Crippen molar-refractivity contribution in [1.29, 1.82) is 0 Å². The first-order valence-corrected chi connectivity index (χ1v) is 11.0. The second kappa shape index (κ2) is 8.43. The lowest BCUT2D eigenvalue weighted by atomic mass is 9.53. The molecule has 7 heteroatoms. The summed E-state index contributed by atoms with van der Waals surface area (Å²) in [7, 11) is 0. The summed E-state index contributed by atoms with van der Waals surface area (Å²) < 4.78 is 11.0. The summed E-state index contributed by atoms with van der Waals surface area (Å²) in [6.07, 6.45) is 1.45. The van der Waals surface area contributed by atoms with Crippen LogP contribution >= 0.6 is 0 Å². The first-order chi connectivity index (χ1) is 14.4. The van der Waals surface area contributed by atoms with Crippen molar-refractivity contribution in [3.8, 4) is 11.5 Å². The van der Waals surface area contributed by atoms with Crippen molar-refractivity contribution >= 4 is 11.8 Å². The van der Waals surface area contributed by atoms with Crippen molar-refractivity contribution in [2.24, 2.45) is 0 Å². The Balaban J connectivity index is 1.91. The number of nitrogens with one attached hydrogen (secondary N) is 1. The fraction of sp³-hybridized carbons (Fsp3) is 0.667. The molecule has 7 nitrogen and oxygen atoms in total. The molecule has 0 amide bonds. The predicted octanol–water partition coefficient (Wildman–Crippen LogP) is 2.91. The SMILES string of the molecule is Cc1ccc(OCCC(=O)OC(C)(C)C)c(O)c1C12CCNC(C)C1(O)CCC(=O)C2. The number of piperidine rings is 1. The van der Waals surface area contributed by atoms with Crippen LogP contribution < -0.4 is 10.1 Å². The Kier molecular flexibility index (Phi) is 6.40. The molecule has 3 unspecified atom stereocenters. The molecule has 1 heterocycles. The highest BCUT2D eigenvalue weighted by molar-refractivity contribution is 5.82. The van der Waals surface area contributed by atoms with Crippen LogP contribution in [0.2, 0.25) is 0 Å². The minimum atomic E-state index is -1.16. The minimum absolute atomic E-state index is 0.0500. The Labute approximate surface area is 184 Å². The number of hydrogen-bond acceptors (Lipinski definition) is 7. The molecule has 0 aromatic heterocycles. The van der Waals surface area contributed by atoms with Crippen molar-refractivity contribution in [2.75, 3.05) is 13.2 Å². The van der Waals surface area contributed by atoms with Gasteiger partial charge in [-0.05, 0) is 65.6 Å². The molecule has 1 saturated heterocycles. The van der Waals surface area contributed by atoms with E-state index < -0.39 is 16.6 Å². The van der Waals surface area contributed by atoms with E-state index >= 15 is 0 Å². The Bertz CT molecular complexity index is 860. The van der Waals surface area contributed by atoms with Crippen LogP contribution in [0.4, 0.5) is 0 Å². The third-order valence-electron chi connectivity index (χ3n) is 6.64. The molecule has 3 rings (SSSR count). The molecule has 1 aliphatic heterocycles. The maximum Gasteiger partial charge on any atom is 0.309 e. The summed E-state index contributed by atoms with van der Waals surface area (Å²) in [6, 6.07) is 3.28. The van der Waals surface area contributed by atoms with Crippen molar-refractivity contribution in [3.63, 3.8) is 0 Å². The van der Waals surface area contributed by atoms with Gasteiger partial charge in [-0.2, -0.15) is 0 Å². The Morgan fingerprint density at radius 3 is 2.68 bits per heavy atom. The van der Waals surface area contributed by atoms with Gasteiger partial charge in [-0.15, -0.1) is 0 Å². The van der Waals surface area contributed by atoms with Crippen molar-refractivity contribution in [2.45, 2.75) is 89.4 Å². The number of aromatic hydroxyl groups is 1. The zero-order valence-electron chi connectivity index (χ0n) is 19.2. The number of fused-ring (bicyclic) bond motifs is 1. The summed E-state index contributed by atoms with van der Waals surface area (Å²) in [5.41, 5.74) is -1.23. The van der Waals surface area contributed by atoms with Crippen LogP contribution in [0.15, 0.2) is 12.1 Å². The summed E-state index contributed by atoms with van der Waals surface area (Å²) in [5, 5.41) is 26.3. The number of hydrogen-bond donors (Lipinski definition) is 3. The van der Waals surface area contributed by atoms with E-state index in [1.165, 1.54) is 0 Å². The van der Waals surface area contributed by atoms with Crippen molar-refractivity contribution < 1.29 is 29.3 Å². The van der Waals surface area contributed by atoms with Gasteiger partial charge in [-0.25, -0.2) is 0 Å². The van der Waals surface area contributed by atoms with Crippen molar-refractivity contribution in [1.82, 2.24) is 5.32 Å². The molecular formula is C24H35NO6. The third-order valence-corrected chi connectivity index (χ3v) is 6.64. The van der Waals surface area contributed by atoms with Crippen LogP contribution in [-0.2, 0) is 19.7 Å². The van der Waals surface area contributed by atoms with Crippen LogP contribution in [0.1, 0.15) is 70.9 Å². The summed E-state index contributed by atoms with van der Waals surface area (Å²) in [6.45, 7) is 9.90. The summed E-state index contributed by atoms with van der Waals surface area (Å²) >= 11 is 0. The normalized spacial score (nSPS) is 28.7. The average Bonchev–Trinajstić information content (AvgIpc) is 2.64. The van der Waals surface area contributed by atoms with Gasteiger partial charge in [0.2, 0.25) is 0 Å². The van der Waals surface area contributed by atoms with Gasteiger partial charge in [0.05, 0.1) is 18.6 Å². The van der Waals surface area contributed by atoms with E-state index in [-0.39, 0.29) is 48.7 Å². The number of benzene rings is 1. The van der Waals surface area contributed by atoms with Crippen LogP contribution in [0, 0.1) is 6.92 Å². The molecule has 3 atom stereocenters. The maximum absolute atomic E-state index is 12.5. The monoisotopic (exact) mass is 433 g/mol. The molecule has 172 valence electrons. The first kappa shape index (κ1) is 23.5. The van der Waals surface area contributed by atoms with Crippen LogP contribution in [0.25, 0.3) is 0 Å². The predicted molar refractivity (Wildman–Crippen MR) is 116 cm³/mol. The van der Waals surface area contributed by atoms with Gasteiger partial charge in [-0.3, -0.25) is 9.59 Å². The fourth-order valence-corrected chi connectivity index (χ4v) is 5.21. The molecule has 0 bridgehead atoms. The number of aliphatic hydroxyl groups is 1. The molecule has 3 N–H and O–H groups in total.